The molecule has 1 aromatic carbocycles. The van der Waals surface area contributed by atoms with Crippen LogP contribution in [0.3, 0.4) is 0 Å². The van der Waals surface area contributed by atoms with Gasteiger partial charge in [-0.1, -0.05) is 23.4 Å². The minimum Gasteiger partial charge on any atom is -0.469 e. The number of thioether (sulfide) groups is 1. The van der Waals surface area contributed by atoms with Gasteiger partial charge in [0.15, 0.2) is 0 Å². The van der Waals surface area contributed by atoms with E-state index >= 15 is 0 Å². The highest BCUT2D eigenvalue weighted by Gasteiger charge is 2.20. The molecule has 0 unspecified atom stereocenters. The van der Waals surface area contributed by atoms with E-state index in [1.165, 1.54) is 6.07 Å². The van der Waals surface area contributed by atoms with E-state index in [1.54, 1.807) is 38.3 Å². The Balaban J connectivity index is 1.65. The molecule has 0 saturated carbocycles. The Morgan fingerprint density at radius 1 is 1.38 bits per heavy atom. The number of aryl methyl sites for hydroxylation is 1. The van der Waals surface area contributed by atoms with Gasteiger partial charge in [0.1, 0.15) is 11.8 Å². The third kappa shape index (κ3) is 3.90. The largest absolute Gasteiger partial charge is 0.469 e. The highest BCUT2D eigenvalue weighted by Crippen LogP contribution is 2.29. The Hall–Kier alpha value is -2.76. The quantitative estimate of drug-likeness (QED) is 0.650. The molecule has 3 rings (SSSR count). The zero-order valence-electron chi connectivity index (χ0n) is 13.8. The van der Waals surface area contributed by atoms with Gasteiger partial charge in [-0.3, -0.25) is 4.79 Å². The average molecular weight is 389 g/mol. The van der Waals surface area contributed by atoms with Gasteiger partial charge in [0, 0.05) is 5.69 Å². The summed E-state index contributed by atoms with van der Waals surface area (Å²) in [6.45, 7) is 3.52. The molecular weight excluding hydrogens is 376 g/mol. The van der Waals surface area contributed by atoms with Crippen molar-refractivity contribution < 1.29 is 13.6 Å². The van der Waals surface area contributed by atoms with Crippen LogP contribution in [-0.4, -0.2) is 21.4 Å². The number of nitrogens with one attached hydrogen (secondary N) is 1. The summed E-state index contributed by atoms with van der Waals surface area (Å²) in [7, 11) is 0. The van der Waals surface area contributed by atoms with Crippen LogP contribution >= 0.6 is 23.4 Å². The molecule has 0 aliphatic heterocycles. The summed E-state index contributed by atoms with van der Waals surface area (Å²) in [6, 6.07) is 8.40. The van der Waals surface area contributed by atoms with E-state index in [1.807, 2.05) is 6.07 Å². The monoisotopic (exact) mass is 388 g/mol. The van der Waals surface area contributed by atoms with E-state index in [0.717, 1.165) is 11.8 Å². The summed E-state index contributed by atoms with van der Waals surface area (Å²) in [5.74, 6) is 0.758. The molecule has 2 aromatic heterocycles. The maximum atomic E-state index is 12.3. The number of aromatic nitrogens is 2. The number of hydrogen-bond acceptors (Lipinski definition) is 7. The first kappa shape index (κ1) is 18.0. The second-order valence-corrected chi connectivity index (χ2v) is 7.02. The smallest absolute Gasteiger partial charge is 0.277 e. The van der Waals surface area contributed by atoms with Crippen LogP contribution in [0, 0.1) is 18.3 Å². The Bertz CT molecular complexity index is 992. The van der Waals surface area contributed by atoms with Crippen molar-refractivity contribution in [3.63, 3.8) is 0 Å². The first-order valence-corrected chi connectivity index (χ1v) is 8.79. The fourth-order valence-corrected chi connectivity index (χ4v) is 3.01. The molecule has 9 heteroatoms. The second kappa shape index (κ2) is 7.64. The summed E-state index contributed by atoms with van der Waals surface area (Å²) in [6.07, 6.45) is 1.54. The summed E-state index contributed by atoms with van der Waals surface area (Å²) in [5.41, 5.74) is 1.57. The number of nitriles is 1. The number of furan rings is 1. The number of carbonyl (C=O) groups excluding carboxylic acids is 1. The summed E-state index contributed by atoms with van der Waals surface area (Å²) < 4.78 is 10.8. The van der Waals surface area contributed by atoms with Crippen molar-refractivity contribution in [3.8, 4) is 17.5 Å². The fourth-order valence-electron chi connectivity index (χ4n) is 2.11. The number of hydrogen-bond donors (Lipinski definition) is 1. The lowest BCUT2D eigenvalue weighted by Crippen LogP contribution is -2.22. The molecular formula is C17H13ClN4O3S. The van der Waals surface area contributed by atoms with Crippen molar-refractivity contribution in [2.75, 3.05) is 5.32 Å². The zero-order valence-corrected chi connectivity index (χ0v) is 15.4. The summed E-state index contributed by atoms with van der Waals surface area (Å²) in [4.78, 5) is 12.3. The van der Waals surface area contributed by atoms with Crippen LogP contribution in [0.4, 0.5) is 5.69 Å². The Labute approximate surface area is 158 Å². The molecule has 0 radical (unpaired) electrons. The lowest BCUT2D eigenvalue weighted by atomic mass is 10.2. The summed E-state index contributed by atoms with van der Waals surface area (Å²) in [5, 5.41) is 19.6. The maximum absolute atomic E-state index is 12.3. The van der Waals surface area contributed by atoms with Crippen LogP contribution in [-0.2, 0) is 4.79 Å². The molecule has 132 valence electrons. The van der Waals surface area contributed by atoms with Gasteiger partial charge >= 0.3 is 0 Å². The average Bonchev–Trinajstić information content (AvgIpc) is 3.23. The molecule has 7 nitrogen and oxygen atoms in total. The van der Waals surface area contributed by atoms with Gasteiger partial charge < -0.3 is 14.2 Å². The Morgan fingerprint density at radius 3 is 2.85 bits per heavy atom. The first-order chi connectivity index (χ1) is 12.5. The molecule has 1 amide bonds. The number of carbonyl (C=O) groups is 1. The van der Waals surface area contributed by atoms with Crippen molar-refractivity contribution >= 4 is 35.0 Å². The van der Waals surface area contributed by atoms with Crippen LogP contribution < -0.4 is 5.32 Å². The highest BCUT2D eigenvalue weighted by molar-refractivity contribution is 8.00. The maximum Gasteiger partial charge on any atom is 0.277 e. The van der Waals surface area contributed by atoms with Gasteiger partial charge in [0.2, 0.25) is 5.91 Å². The normalized spacial score (nSPS) is 11.8. The van der Waals surface area contributed by atoms with Crippen molar-refractivity contribution in [1.82, 2.24) is 10.2 Å². The zero-order chi connectivity index (χ0) is 18.7. The van der Waals surface area contributed by atoms with Gasteiger partial charge in [-0.15, -0.1) is 10.2 Å². The number of rotatable bonds is 5. The minimum absolute atomic E-state index is 0.255. The van der Waals surface area contributed by atoms with Crippen molar-refractivity contribution in [2.24, 2.45) is 0 Å². The number of nitrogens with zero attached hydrogens (tertiary/aromatic N) is 3. The van der Waals surface area contributed by atoms with E-state index in [2.05, 4.69) is 15.5 Å². The second-order valence-electron chi connectivity index (χ2n) is 5.32. The highest BCUT2D eigenvalue weighted by atomic mass is 35.5. The molecule has 0 saturated heterocycles. The molecule has 0 aliphatic rings. The third-order valence-electron chi connectivity index (χ3n) is 3.50. The minimum atomic E-state index is -0.483. The standard InChI is InChI=1S/C17H13ClN4O3S/c1-9-13(5-6-24-9)16-21-22-17(25-16)26-10(2)15(23)20-12-4-3-11(8-19)14(18)7-12/h3-7,10H,1-2H3,(H,20,23)/t10-/m1/s1. The lowest BCUT2D eigenvalue weighted by Gasteiger charge is -2.10. The SMILES string of the molecule is Cc1occc1-c1nnc(S[C@H](C)C(=O)Nc2ccc(C#N)c(Cl)c2)o1. The molecule has 2 heterocycles. The van der Waals surface area contributed by atoms with Gasteiger partial charge in [-0.25, -0.2) is 0 Å². The molecule has 1 N–H and O–H groups in total. The molecule has 1 atom stereocenters. The van der Waals surface area contributed by atoms with E-state index in [0.29, 0.717) is 28.5 Å². The van der Waals surface area contributed by atoms with E-state index in [-0.39, 0.29) is 16.2 Å². The molecule has 0 spiro atoms. The van der Waals surface area contributed by atoms with Crippen molar-refractivity contribution in [2.45, 2.75) is 24.3 Å². The van der Waals surface area contributed by atoms with Crippen LogP contribution in [0.1, 0.15) is 18.2 Å². The van der Waals surface area contributed by atoms with E-state index in [4.69, 9.17) is 25.7 Å². The van der Waals surface area contributed by atoms with Crippen LogP contribution in [0.15, 0.2) is 44.6 Å². The molecule has 26 heavy (non-hydrogen) atoms. The van der Waals surface area contributed by atoms with Crippen LogP contribution in [0.5, 0.6) is 0 Å². The predicted octanol–water partition coefficient (Wildman–Crippen LogP) is 4.28. The number of benzene rings is 1. The van der Waals surface area contributed by atoms with Crippen LogP contribution in [0.2, 0.25) is 5.02 Å². The molecule has 3 aromatic rings. The number of halogens is 1. The third-order valence-corrected chi connectivity index (χ3v) is 4.75. The topological polar surface area (TPSA) is 105 Å². The number of amides is 1. The predicted molar refractivity (Wildman–Crippen MR) is 96.9 cm³/mol. The van der Waals surface area contributed by atoms with Gasteiger partial charge in [0.05, 0.1) is 27.7 Å². The fraction of sp³-hybridized carbons (Fsp3) is 0.176. The van der Waals surface area contributed by atoms with Gasteiger partial charge in [0.25, 0.3) is 11.1 Å². The van der Waals surface area contributed by atoms with Crippen LogP contribution in [0.25, 0.3) is 11.5 Å². The molecule has 0 bridgehead atoms. The van der Waals surface area contributed by atoms with Crippen molar-refractivity contribution in [1.29, 1.82) is 5.26 Å². The van der Waals surface area contributed by atoms with Crippen molar-refractivity contribution in [3.05, 3.63) is 46.9 Å². The Kier molecular flexibility index (Phi) is 5.30. The number of anilines is 1. The van der Waals surface area contributed by atoms with E-state index < -0.39 is 5.25 Å². The van der Waals surface area contributed by atoms with E-state index in [9.17, 15) is 4.79 Å². The molecule has 0 aliphatic carbocycles. The Morgan fingerprint density at radius 2 is 2.19 bits per heavy atom. The van der Waals surface area contributed by atoms with Gasteiger partial charge in [-0.05, 0) is 38.1 Å². The summed E-state index contributed by atoms with van der Waals surface area (Å²) >= 11 is 7.11. The molecule has 0 fully saturated rings. The van der Waals surface area contributed by atoms with Gasteiger partial charge in [-0.2, -0.15) is 5.26 Å². The first-order valence-electron chi connectivity index (χ1n) is 7.53. The lowest BCUT2D eigenvalue weighted by molar-refractivity contribution is -0.115.